The standard InChI is InChI=1S/C19H19N3O/c1-13-9-10-22-17-12-14(7-8-16(17)21-18(22)11-13)19(23)20-15-5-3-2-4-6-15/h2-6,9-11,14H,7-8,12H2,1H3,(H,20,23). The fourth-order valence-corrected chi connectivity index (χ4v) is 3.30. The van der Waals surface area contributed by atoms with Crippen molar-refractivity contribution in [1.82, 2.24) is 9.38 Å². The van der Waals surface area contributed by atoms with Gasteiger partial charge in [-0.3, -0.25) is 4.79 Å². The smallest absolute Gasteiger partial charge is 0.227 e. The number of fused-ring (bicyclic) bond motifs is 3. The molecule has 0 spiro atoms. The lowest BCUT2D eigenvalue weighted by molar-refractivity contribution is -0.120. The highest BCUT2D eigenvalue weighted by atomic mass is 16.1. The van der Waals surface area contributed by atoms with Gasteiger partial charge in [0.15, 0.2) is 0 Å². The summed E-state index contributed by atoms with van der Waals surface area (Å²) < 4.78 is 2.13. The molecule has 1 amide bonds. The van der Waals surface area contributed by atoms with E-state index in [0.717, 1.165) is 36.3 Å². The van der Waals surface area contributed by atoms with E-state index in [1.54, 1.807) is 0 Å². The third-order valence-electron chi connectivity index (χ3n) is 4.54. The molecule has 1 unspecified atom stereocenters. The quantitative estimate of drug-likeness (QED) is 0.789. The number of imidazole rings is 1. The summed E-state index contributed by atoms with van der Waals surface area (Å²) in [5.41, 5.74) is 5.37. The predicted octanol–water partition coefficient (Wildman–Crippen LogP) is 3.39. The number of anilines is 1. The van der Waals surface area contributed by atoms with E-state index < -0.39 is 0 Å². The number of aromatic nitrogens is 2. The molecule has 0 aliphatic heterocycles. The monoisotopic (exact) mass is 305 g/mol. The van der Waals surface area contributed by atoms with E-state index in [0.29, 0.717) is 0 Å². The number of pyridine rings is 1. The van der Waals surface area contributed by atoms with E-state index in [2.05, 4.69) is 35.0 Å². The highest BCUT2D eigenvalue weighted by molar-refractivity contribution is 5.92. The molecule has 4 nitrogen and oxygen atoms in total. The minimum atomic E-state index is 0.00362. The third kappa shape index (κ3) is 2.61. The van der Waals surface area contributed by atoms with Gasteiger partial charge in [-0.2, -0.15) is 0 Å². The Morgan fingerprint density at radius 2 is 2.09 bits per heavy atom. The van der Waals surface area contributed by atoms with Gasteiger partial charge in [-0.1, -0.05) is 18.2 Å². The van der Waals surface area contributed by atoms with Crippen LogP contribution in [0, 0.1) is 12.8 Å². The van der Waals surface area contributed by atoms with Gasteiger partial charge >= 0.3 is 0 Å². The highest BCUT2D eigenvalue weighted by Crippen LogP contribution is 2.27. The Bertz CT molecular complexity index is 867. The van der Waals surface area contributed by atoms with Crippen molar-refractivity contribution >= 4 is 17.2 Å². The Morgan fingerprint density at radius 1 is 1.26 bits per heavy atom. The zero-order valence-electron chi connectivity index (χ0n) is 13.1. The van der Waals surface area contributed by atoms with Gasteiger partial charge in [0.25, 0.3) is 0 Å². The summed E-state index contributed by atoms with van der Waals surface area (Å²) in [5, 5.41) is 3.02. The number of benzene rings is 1. The average molecular weight is 305 g/mol. The van der Waals surface area contributed by atoms with Crippen molar-refractivity contribution in [1.29, 1.82) is 0 Å². The summed E-state index contributed by atoms with van der Waals surface area (Å²) in [5.74, 6) is 0.104. The molecule has 0 bridgehead atoms. The van der Waals surface area contributed by atoms with Gasteiger partial charge in [-0.15, -0.1) is 0 Å². The highest BCUT2D eigenvalue weighted by Gasteiger charge is 2.28. The lowest BCUT2D eigenvalue weighted by Gasteiger charge is -2.21. The molecule has 1 N–H and O–H groups in total. The Hall–Kier alpha value is -2.62. The van der Waals surface area contributed by atoms with Crippen molar-refractivity contribution < 1.29 is 4.79 Å². The number of hydrogen-bond donors (Lipinski definition) is 1. The van der Waals surface area contributed by atoms with E-state index in [9.17, 15) is 4.79 Å². The molecule has 1 aliphatic rings. The van der Waals surface area contributed by atoms with Gasteiger partial charge in [-0.05, 0) is 49.6 Å². The molecule has 1 aliphatic carbocycles. The molecule has 1 aromatic carbocycles. The van der Waals surface area contributed by atoms with E-state index in [-0.39, 0.29) is 11.8 Å². The fourth-order valence-electron chi connectivity index (χ4n) is 3.30. The molecule has 2 heterocycles. The Balaban J connectivity index is 1.58. The summed E-state index contributed by atoms with van der Waals surface area (Å²) in [6.07, 6.45) is 4.53. The molecular weight excluding hydrogens is 286 g/mol. The second kappa shape index (κ2) is 5.54. The van der Waals surface area contributed by atoms with Crippen molar-refractivity contribution in [3.05, 3.63) is 65.6 Å². The summed E-state index contributed by atoms with van der Waals surface area (Å²) in [6, 6.07) is 13.8. The van der Waals surface area contributed by atoms with Crippen LogP contribution in [0.2, 0.25) is 0 Å². The van der Waals surface area contributed by atoms with Gasteiger partial charge in [0.05, 0.1) is 5.69 Å². The van der Waals surface area contributed by atoms with Crippen molar-refractivity contribution in [2.24, 2.45) is 5.92 Å². The average Bonchev–Trinajstić information content (AvgIpc) is 2.92. The number of hydrogen-bond acceptors (Lipinski definition) is 2. The zero-order chi connectivity index (χ0) is 15.8. The van der Waals surface area contributed by atoms with Crippen LogP contribution < -0.4 is 5.32 Å². The molecule has 23 heavy (non-hydrogen) atoms. The summed E-state index contributed by atoms with van der Waals surface area (Å²) in [4.78, 5) is 17.3. The van der Waals surface area contributed by atoms with Crippen LogP contribution >= 0.6 is 0 Å². The maximum absolute atomic E-state index is 12.5. The molecule has 0 radical (unpaired) electrons. The molecule has 0 saturated carbocycles. The fraction of sp³-hybridized carbons (Fsp3) is 0.263. The normalized spacial score (nSPS) is 17.0. The first-order valence-corrected chi connectivity index (χ1v) is 8.03. The van der Waals surface area contributed by atoms with Crippen LogP contribution in [-0.2, 0) is 17.6 Å². The van der Waals surface area contributed by atoms with Crippen LogP contribution in [0.3, 0.4) is 0 Å². The van der Waals surface area contributed by atoms with Crippen LogP contribution in [0.1, 0.15) is 23.4 Å². The maximum atomic E-state index is 12.5. The van der Waals surface area contributed by atoms with Gasteiger partial charge < -0.3 is 9.72 Å². The lowest BCUT2D eigenvalue weighted by atomic mass is 9.89. The van der Waals surface area contributed by atoms with Crippen LogP contribution in [0.4, 0.5) is 5.69 Å². The van der Waals surface area contributed by atoms with Gasteiger partial charge in [0, 0.05) is 29.9 Å². The first-order chi connectivity index (χ1) is 11.2. The Labute approximate surface area is 135 Å². The second-order valence-corrected chi connectivity index (χ2v) is 6.23. The minimum Gasteiger partial charge on any atom is -0.326 e. The largest absolute Gasteiger partial charge is 0.326 e. The van der Waals surface area contributed by atoms with Crippen LogP contribution in [-0.4, -0.2) is 15.3 Å². The topological polar surface area (TPSA) is 46.4 Å². The molecule has 3 aromatic rings. The predicted molar refractivity (Wildman–Crippen MR) is 90.5 cm³/mol. The number of nitrogens with zero attached hydrogens (tertiary/aromatic N) is 2. The zero-order valence-corrected chi connectivity index (χ0v) is 13.1. The van der Waals surface area contributed by atoms with Crippen LogP contribution in [0.5, 0.6) is 0 Å². The van der Waals surface area contributed by atoms with Crippen LogP contribution in [0.15, 0.2) is 48.7 Å². The molecule has 1 atom stereocenters. The van der Waals surface area contributed by atoms with E-state index in [4.69, 9.17) is 4.98 Å². The van der Waals surface area contributed by atoms with Crippen molar-refractivity contribution in [3.63, 3.8) is 0 Å². The number of carbonyl (C=O) groups excluding carboxylic acids is 1. The number of aryl methyl sites for hydroxylation is 2. The number of para-hydroxylation sites is 1. The van der Waals surface area contributed by atoms with E-state index >= 15 is 0 Å². The van der Waals surface area contributed by atoms with Gasteiger partial charge in [-0.25, -0.2) is 4.98 Å². The molecule has 2 aromatic heterocycles. The number of nitrogens with one attached hydrogen (secondary N) is 1. The number of carbonyl (C=O) groups is 1. The summed E-state index contributed by atoms with van der Waals surface area (Å²) >= 11 is 0. The molecule has 0 fully saturated rings. The Kier molecular flexibility index (Phi) is 3.37. The first-order valence-electron chi connectivity index (χ1n) is 8.03. The number of rotatable bonds is 2. The van der Waals surface area contributed by atoms with Crippen molar-refractivity contribution in [2.75, 3.05) is 5.32 Å². The van der Waals surface area contributed by atoms with Gasteiger partial charge in [0.1, 0.15) is 5.65 Å². The molecule has 116 valence electrons. The molecule has 4 heteroatoms. The Morgan fingerprint density at radius 3 is 2.91 bits per heavy atom. The minimum absolute atomic E-state index is 0.00362. The molecule has 0 saturated heterocycles. The van der Waals surface area contributed by atoms with E-state index in [1.165, 1.54) is 11.3 Å². The van der Waals surface area contributed by atoms with E-state index in [1.807, 2.05) is 30.3 Å². The maximum Gasteiger partial charge on any atom is 0.227 e. The van der Waals surface area contributed by atoms with Crippen LogP contribution in [0.25, 0.3) is 5.65 Å². The number of amides is 1. The van der Waals surface area contributed by atoms with Gasteiger partial charge in [0.2, 0.25) is 5.91 Å². The summed E-state index contributed by atoms with van der Waals surface area (Å²) in [6.45, 7) is 2.07. The molecule has 4 rings (SSSR count). The molecular formula is C19H19N3O. The van der Waals surface area contributed by atoms with Crippen molar-refractivity contribution in [3.8, 4) is 0 Å². The first kappa shape index (κ1) is 14.0. The van der Waals surface area contributed by atoms with Crippen molar-refractivity contribution in [2.45, 2.75) is 26.2 Å². The third-order valence-corrected chi connectivity index (χ3v) is 4.54. The SMILES string of the molecule is Cc1ccn2c3c(nc2c1)CCC(C(=O)Nc1ccccc1)C3. The summed E-state index contributed by atoms with van der Waals surface area (Å²) in [7, 11) is 0. The second-order valence-electron chi connectivity index (χ2n) is 6.23. The lowest BCUT2D eigenvalue weighted by Crippen LogP contribution is -2.28.